The Morgan fingerprint density at radius 2 is 1.87 bits per heavy atom. The number of carbonyl (C=O) groups is 1. The molecule has 2 nitrogen and oxygen atoms in total. The molecule has 1 aromatic rings. The van der Waals surface area contributed by atoms with Crippen LogP contribution < -0.4 is 0 Å². The van der Waals surface area contributed by atoms with E-state index < -0.39 is 12.4 Å². The molecule has 0 bridgehead atoms. The van der Waals surface area contributed by atoms with E-state index in [4.69, 9.17) is 5.11 Å². The van der Waals surface area contributed by atoms with Crippen molar-refractivity contribution >= 4 is 12.0 Å². The predicted molar refractivity (Wildman–Crippen MR) is 52.7 cm³/mol. The molecule has 0 saturated heterocycles. The van der Waals surface area contributed by atoms with E-state index in [-0.39, 0.29) is 11.1 Å². The highest BCUT2D eigenvalue weighted by Crippen LogP contribution is 2.19. The van der Waals surface area contributed by atoms with Crippen LogP contribution in [-0.2, 0) is 4.79 Å². The second-order valence-electron chi connectivity index (χ2n) is 3.10. The van der Waals surface area contributed by atoms with Gasteiger partial charge in [0.25, 0.3) is 6.43 Å². The zero-order valence-electron chi connectivity index (χ0n) is 8.08. The third kappa shape index (κ3) is 3.16. The monoisotopic (exact) mass is 212 g/mol. The molecule has 0 heterocycles. The minimum Gasteiger partial charge on any atom is -0.478 e. The third-order valence-corrected chi connectivity index (χ3v) is 1.91. The van der Waals surface area contributed by atoms with Gasteiger partial charge in [0.1, 0.15) is 0 Å². The van der Waals surface area contributed by atoms with Crippen molar-refractivity contribution < 1.29 is 18.7 Å². The van der Waals surface area contributed by atoms with Gasteiger partial charge < -0.3 is 5.11 Å². The lowest BCUT2D eigenvalue weighted by molar-refractivity contribution is -0.132. The standard InChI is InChI=1S/C11H10F2O2/c1-7(11(14)15)6-8-2-4-9(5-3-8)10(12)13/h2-6,10H,1H3,(H,14,15)/b7-6-. The Bertz CT molecular complexity index is 380. The maximum atomic E-state index is 12.2. The normalized spacial score (nSPS) is 11.9. The summed E-state index contributed by atoms with van der Waals surface area (Å²) >= 11 is 0. The van der Waals surface area contributed by atoms with Gasteiger partial charge in [-0.15, -0.1) is 0 Å². The van der Waals surface area contributed by atoms with Crippen molar-refractivity contribution in [2.24, 2.45) is 0 Å². The lowest BCUT2D eigenvalue weighted by atomic mass is 10.1. The number of alkyl halides is 2. The molecule has 0 aromatic heterocycles. The van der Waals surface area contributed by atoms with Crippen molar-refractivity contribution in [1.29, 1.82) is 0 Å². The minimum absolute atomic E-state index is 0.0693. The van der Waals surface area contributed by atoms with Crippen LogP contribution in [0.3, 0.4) is 0 Å². The minimum atomic E-state index is -2.50. The van der Waals surface area contributed by atoms with Crippen LogP contribution in [0.4, 0.5) is 8.78 Å². The van der Waals surface area contributed by atoms with Crippen molar-refractivity contribution in [3.63, 3.8) is 0 Å². The maximum absolute atomic E-state index is 12.2. The van der Waals surface area contributed by atoms with E-state index in [0.717, 1.165) is 0 Å². The van der Waals surface area contributed by atoms with Crippen LogP contribution in [0.15, 0.2) is 29.8 Å². The van der Waals surface area contributed by atoms with Crippen molar-refractivity contribution in [1.82, 2.24) is 0 Å². The topological polar surface area (TPSA) is 37.3 Å². The Morgan fingerprint density at radius 3 is 2.27 bits per heavy atom. The summed E-state index contributed by atoms with van der Waals surface area (Å²) in [4.78, 5) is 10.5. The number of aliphatic carboxylic acids is 1. The smallest absolute Gasteiger partial charge is 0.331 e. The molecular formula is C11H10F2O2. The molecule has 0 spiro atoms. The van der Waals surface area contributed by atoms with Crippen molar-refractivity contribution in [2.45, 2.75) is 13.3 Å². The number of carboxylic acid groups (broad SMARTS) is 1. The van der Waals surface area contributed by atoms with E-state index in [1.54, 1.807) is 0 Å². The van der Waals surface area contributed by atoms with E-state index in [0.29, 0.717) is 5.56 Å². The molecule has 0 aliphatic carbocycles. The van der Waals surface area contributed by atoms with Crippen LogP contribution in [0, 0.1) is 0 Å². The predicted octanol–water partition coefficient (Wildman–Crippen LogP) is 3.11. The summed E-state index contributed by atoms with van der Waals surface area (Å²) in [6.45, 7) is 1.45. The molecule has 0 saturated carbocycles. The highest BCUT2D eigenvalue weighted by atomic mass is 19.3. The average molecular weight is 212 g/mol. The van der Waals surface area contributed by atoms with Gasteiger partial charge in [-0.25, -0.2) is 13.6 Å². The second kappa shape index (κ2) is 4.68. The second-order valence-corrected chi connectivity index (χ2v) is 3.10. The van der Waals surface area contributed by atoms with Crippen LogP contribution in [0.1, 0.15) is 24.5 Å². The van der Waals surface area contributed by atoms with Crippen molar-refractivity contribution in [3.05, 3.63) is 41.0 Å². The van der Waals surface area contributed by atoms with Crippen LogP contribution in [-0.4, -0.2) is 11.1 Å². The molecule has 0 atom stereocenters. The SMILES string of the molecule is C/C(=C/c1ccc(C(F)F)cc1)C(=O)O. The third-order valence-electron chi connectivity index (χ3n) is 1.91. The van der Waals surface area contributed by atoms with E-state index in [2.05, 4.69) is 0 Å². The summed E-state index contributed by atoms with van der Waals surface area (Å²) < 4.78 is 24.4. The first-order valence-electron chi connectivity index (χ1n) is 4.30. The van der Waals surface area contributed by atoms with Gasteiger partial charge in [0.05, 0.1) is 0 Å². The fraction of sp³-hybridized carbons (Fsp3) is 0.182. The lowest BCUT2D eigenvalue weighted by Gasteiger charge is -2.00. The molecule has 0 unspecified atom stereocenters. The molecule has 4 heteroatoms. The number of benzene rings is 1. The van der Waals surface area contributed by atoms with Gasteiger partial charge in [-0.1, -0.05) is 24.3 Å². The van der Waals surface area contributed by atoms with Gasteiger partial charge >= 0.3 is 5.97 Å². The Balaban J connectivity index is 2.90. The Labute approximate surface area is 85.9 Å². The zero-order chi connectivity index (χ0) is 11.4. The largest absolute Gasteiger partial charge is 0.478 e. The molecule has 15 heavy (non-hydrogen) atoms. The van der Waals surface area contributed by atoms with Gasteiger partial charge in [0.2, 0.25) is 0 Å². The molecule has 1 aromatic carbocycles. The van der Waals surface area contributed by atoms with Gasteiger partial charge in [0, 0.05) is 11.1 Å². The Kier molecular flexibility index (Phi) is 3.55. The summed E-state index contributed by atoms with van der Waals surface area (Å²) in [6.07, 6.45) is -1.07. The molecule has 0 radical (unpaired) electrons. The molecule has 0 aliphatic heterocycles. The van der Waals surface area contributed by atoms with E-state index >= 15 is 0 Å². The van der Waals surface area contributed by atoms with Crippen LogP contribution in [0.5, 0.6) is 0 Å². The van der Waals surface area contributed by atoms with Crippen LogP contribution in [0.25, 0.3) is 6.08 Å². The number of hydrogen-bond donors (Lipinski definition) is 1. The van der Waals surface area contributed by atoms with E-state index in [9.17, 15) is 13.6 Å². The molecule has 0 fully saturated rings. The number of rotatable bonds is 3. The molecule has 0 aliphatic rings. The maximum Gasteiger partial charge on any atom is 0.331 e. The fourth-order valence-electron chi connectivity index (χ4n) is 1.05. The van der Waals surface area contributed by atoms with E-state index in [1.807, 2.05) is 0 Å². The first-order chi connectivity index (χ1) is 7.00. The quantitative estimate of drug-likeness (QED) is 0.781. The number of halogens is 2. The Hall–Kier alpha value is -1.71. The van der Waals surface area contributed by atoms with Gasteiger partial charge in [-0.3, -0.25) is 0 Å². The summed E-state index contributed by atoms with van der Waals surface area (Å²) in [5, 5.41) is 8.60. The number of hydrogen-bond acceptors (Lipinski definition) is 1. The lowest BCUT2D eigenvalue weighted by Crippen LogP contribution is -1.95. The zero-order valence-corrected chi connectivity index (χ0v) is 8.08. The molecule has 0 amide bonds. The summed E-state index contributed by atoms with van der Waals surface area (Å²) in [5.41, 5.74) is 0.694. The van der Waals surface area contributed by atoms with Crippen LogP contribution >= 0.6 is 0 Å². The van der Waals surface area contributed by atoms with Gasteiger partial charge in [0.15, 0.2) is 0 Å². The van der Waals surface area contributed by atoms with Gasteiger partial charge in [-0.2, -0.15) is 0 Å². The first kappa shape index (κ1) is 11.4. The van der Waals surface area contributed by atoms with Gasteiger partial charge in [-0.05, 0) is 18.6 Å². The number of carboxylic acids is 1. The van der Waals surface area contributed by atoms with Crippen molar-refractivity contribution in [2.75, 3.05) is 0 Å². The molecule has 80 valence electrons. The molecular weight excluding hydrogens is 202 g/mol. The van der Waals surface area contributed by atoms with Crippen molar-refractivity contribution in [3.8, 4) is 0 Å². The summed E-state index contributed by atoms with van der Waals surface area (Å²) in [6, 6.07) is 5.50. The molecule has 1 N–H and O–H groups in total. The Morgan fingerprint density at radius 1 is 1.33 bits per heavy atom. The van der Waals surface area contributed by atoms with Crippen LogP contribution in [0.2, 0.25) is 0 Å². The molecule has 1 rings (SSSR count). The summed E-state index contributed by atoms with van der Waals surface area (Å²) in [5.74, 6) is -1.02. The fourth-order valence-corrected chi connectivity index (χ4v) is 1.05. The first-order valence-corrected chi connectivity index (χ1v) is 4.30. The highest BCUT2D eigenvalue weighted by Gasteiger charge is 2.05. The summed E-state index contributed by atoms with van der Waals surface area (Å²) in [7, 11) is 0. The average Bonchev–Trinajstić information content (AvgIpc) is 2.18. The van der Waals surface area contributed by atoms with E-state index in [1.165, 1.54) is 37.3 Å². The highest BCUT2D eigenvalue weighted by molar-refractivity contribution is 5.91.